The fourth-order valence-corrected chi connectivity index (χ4v) is 4.09. The average Bonchev–Trinajstić information content (AvgIpc) is 2.63. The van der Waals surface area contributed by atoms with Crippen LogP contribution in [-0.2, 0) is 4.79 Å². The van der Waals surface area contributed by atoms with Crippen LogP contribution < -0.4 is 0 Å². The van der Waals surface area contributed by atoms with Crippen molar-refractivity contribution in [1.82, 2.24) is 14.7 Å². The van der Waals surface area contributed by atoms with Gasteiger partial charge < -0.3 is 10.0 Å². The molecule has 1 saturated heterocycles. The van der Waals surface area contributed by atoms with Crippen molar-refractivity contribution >= 4 is 33.6 Å². The fraction of sp³-hybridized carbons (Fsp3) is 0.600. The second kappa shape index (κ2) is 5.43. The molecule has 0 bridgehead atoms. The van der Waals surface area contributed by atoms with Crippen molar-refractivity contribution in [3.63, 3.8) is 0 Å². The SMILES string of the molecule is CC(=O)CC(=O)c1nn(C2CC3(C2)CN(C(=O)O)C3)c(C)c1Br. The van der Waals surface area contributed by atoms with Crippen molar-refractivity contribution in [3.8, 4) is 0 Å². The number of hydrogen-bond acceptors (Lipinski definition) is 4. The highest BCUT2D eigenvalue weighted by Gasteiger charge is 2.55. The molecule has 1 amide bonds. The van der Waals surface area contributed by atoms with Crippen LogP contribution in [0.15, 0.2) is 4.47 Å². The van der Waals surface area contributed by atoms with Crippen molar-refractivity contribution in [3.05, 3.63) is 15.9 Å². The zero-order valence-electron chi connectivity index (χ0n) is 13.0. The predicted molar refractivity (Wildman–Crippen MR) is 84.6 cm³/mol. The maximum Gasteiger partial charge on any atom is 0.407 e. The third kappa shape index (κ3) is 2.69. The highest BCUT2D eigenvalue weighted by Crippen LogP contribution is 2.54. The summed E-state index contributed by atoms with van der Waals surface area (Å²) in [6.45, 7) is 4.43. The number of halogens is 1. The van der Waals surface area contributed by atoms with Crippen LogP contribution >= 0.6 is 15.9 Å². The Morgan fingerprint density at radius 3 is 2.48 bits per heavy atom. The van der Waals surface area contributed by atoms with Crippen LogP contribution in [0.1, 0.15) is 48.4 Å². The highest BCUT2D eigenvalue weighted by molar-refractivity contribution is 9.10. The molecule has 2 aliphatic rings. The van der Waals surface area contributed by atoms with Gasteiger partial charge in [-0.05, 0) is 42.6 Å². The van der Waals surface area contributed by atoms with E-state index in [1.54, 1.807) is 0 Å². The summed E-state index contributed by atoms with van der Waals surface area (Å²) in [5.41, 5.74) is 1.25. The summed E-state index contributed by atoms with van der Waals surface area (Å²) in [7, 11) is 0. The molecule has 1 spiro atoms. The molecule has 1 N–H and O–H groups in total. The first-order valence-electron chi connectivity index (χ1n) is 7.47. The van der Waals surface area contributed by atoms with Crippen LogP contribution in [0.2, 0.25) is 0 Å². The quantitative estimate of drug-likeness (QED) is 0.636. The van der Waals surface area contributed by atoms with E-state index in [1.165, 1.54) is 11.8 Å². The van der Waals surface area contributed by atoms with E-state index in [1.807, 2.05) is 11.6 Å². The molecule has 124 valence electrons. The van der Waals surface area contributed by atoms with Crippen LogP contribution in [0, 0.1) is 12.3 Å². The molecule has 1 aromatic rings. The Bertz CT molecular complexity index is 698. The molecule has 1 aromatic heterocycles. The molecule has 7 nitrogen and oxygen atoms in total. The highest BCUT2D eigenvalue weighted by atomic mass is 79.9. The van der Waals surface area contributed by atoms with Gasteiger partial charge in [-0.15, -0.1) is 0 Å². The zero-order chi connectivity index (χ0) is 16.9. The largest absolute Gasteiger partial charge is 0.465 e. The van der Waals surface area contributed by atoms with Gasteiger partial charge in [-0.3, -0.25) is 14.3 Å². The molecule has 0 unspecified atom stereocenters. The summed E-state index contributed by atoms with van der Waals surface area (Å²) in [5.74, 6) is -0.458. The van der Waals surface area contributed by atoms with Gasteiger partial charge in [0.1, 0.15) is 11.5 Å². The number of hydrogen-bond donors (Lipinski definition) is 1. The number of Topliss-reactive ketones (excluding diaryl/α,β-unsaturated/α-hetero) is 2. The number of carboxylic acid groups (broad SMARTS) is 1. The van der Waals surface area contributed by atoms with Crippen molar-refractivity contribution in [2.24, 2.45) is 5.41 Å². The number of aromatic nitrogens is 2. The second-order valence-electron chi connectivity index (χ2n) is 6.70. The molecule has 2 fully saturated rings. The third-order valence-electron chi connectivity index (χ3n) is 4.76. The minimum Gasteiger partial charge on any atom is -0.465 e. The van der Waals surface area contributed by atoms with Gasteiger partial charge in [-0.1, -0.05) is 0 Å². The van der Waals surface area contributed by atoms with Gasteiger partial charge in [0, 0.05) is 18.5 Å². The topological polar surface area (TPSA) is 92.5 Å². The summed E-state index contributed by atoms with van der Waals surface area (Å²) in [5, 5.41) is 13.3. The number of carbonyl (C=O) groups is 3. The summed E-state index contributed by atoms with van der Waals surface area (Å²) in [6, 6.07) is 0.182. The minimum atomic E-state index is -0.866. The van der Waals surface area contributed by atoms with Gasteiger partial charge in [0.05, 0.1) is 22.6 Å². The fourth-order valence-electron chi connectivity index (χ4n) is 3.61. The molecule has 1 saturated carbocycles. The molecule has 23 heavy (non-hydrogen) atoms. The summed E-state index contributed by atoms with van der Waals surface area (Å²) in [4.78, 5) is 35.5. The molecule has 8 heteroatoms. The van der Waals surface area contributed by atoms with E-state index in [9.17, 15) is 14.4 Å². The second-order valence-corrected chi connectivity index (χ2v) is 7.49. The molecule has 0 radical (unpaired) electrons. The maximum atomic E-state index is 12.1. The van der Waals surface area contributed by atoms with Crippen LogP contribution in [0.3, 0.4) is 0 Å². The van der Waals surface area contributed by atoms with Gasteiger partial charge in [-0.2, -0.15) is 5.10 Å². The first-order valence-corrected chi connectivity index (χ1v) is 8.27. The Morgan fingerprint density at radius 2 is 1.96 bits per heavy atom. The number of nitrogens with zero attached hydrogens (tertiary/aromatic N) is 3. The number of rotatable bonds is 4. The Hall–Kier alpha value is -1.70. The molecule has 1 aliphatic heterocycles. The lowest BCUT2D eigenvalue weighted by atomic mass is 9.61. The normalized spacial score (nSPS) is 19.3. The monoisotopic (exact) mass is 383 g/mol. The van der Waals surface area contributed by atoms with Crippen LogP contribution in [0.5, 0.6) is 0 Å². The number of likely N-dealkylation sites (tertiary alicyclic amines) is 1. The Balaban J connectivity index is 1.70. The Labute approximate surface area is 141 Å². The minimum absolute atomic E-state index is 0.0808. The molecule has 0 atom stereocenters. The predicted octanol–water partition coefficient (Wildman–Crippen LogP) is 2.43. The molecular formula is C15H18BrN3O4. The van der Waals surface area contributed by atoms with E-state index < -0.39 is 6.09 Å². The smallest absolute Gasteiger partial charge is 0.407 e. The molecule has 2 heterocycles. The lowest BCUT2D eigenvalue weighted by molar-refractivity contribution is -0.116. The average molecular weight is 384 g/mol. The maximum absolute atomic E-state index is 12.1. The summed E-state index contributed by atoms with van der Waals surface area (Å²) >= 11 is 3.40. The van der Waals surface area contributed by atoms with Gasteiger partial charge in [0.2, 0.25) is 0 Å². The lowest BCUT2D eigenvalue weighted by Crippen LogP contribution is -2.63. The van der Waals surface area contributed by atoms with Gasteiger partial charge in [-0.25, -0.2) is 4.79 Å². The lowest BCUT2D eigenvalue weighted by Gasteiger charge is -2.58. The van der Waals surface area contributed by atoms with Crippen molar-refractivity contribution in [2.45, 2.75) is 39.2 Å². The van der Waals surface area contributed by atoms with Crippen LogP contribution in [0.4, 0.5) is 4.79 Å². The van der Waals surface area contributed by atoms with E-state index in [-0.39, 0.29) is 29.4 Å². The van der Waals surface area contributed by atoms with E-state index >= 15 is 0 Å². The Morgan fingerprint density at radius 1 is 1.35 bits per heavy atom. The summed E-state index contributed by atoms with van der Waals surface area (Å²) in [6.07, 6.45) is 0.726. The van der Waals surface area contributed by atoms with Gasteiger partial charge >= 0.3 is 6.09 Å². The molecule has 3 rings (SSSR count). The van der Waals surface area contributed by atoms with Crippen LogP contribution in [-0.4, -0.2) is 50.5 Å². The van der Waals surface area contributed by atoms with Gasteiger partial charge in [0.15, 0.2) is 5.78 Å². The number of ketones is 2. The summed E-state index contributed by atoms with van der Waals surface area (Å²) < 4.78 is 2.48. The van der Waals surface area contributed by atoms with E-state index in [4.69, 9.17) is 5.11 Å². The van der Waals surface area contributed by atoms with E-state index in [2.05, 4.69) is 21.0 Å². The molecule has 0 aromatic carbocycles. The number of amides is 1. The zero-order valence-corrected chi connectivity index (χ0v) is 14.6. The molecular weight excluding hydrogens is 366 g/mol. The van der Waals surface area contributed by atoms with Crippen molar-refractivity contribution in [2.75, 3.05) is 13.1 Å². The van der Waals surface area contributed by atoms with Crippen molar-refractivity contribution in [1.29, 1.82) is 0 Å². The van der Waals surface area contributed by atoms with Gasteiger partial charge in [0.25, 0.3) is 0 Å². The Kier molecular flexibility index (Phi) is 3.82. The third-order valence-corrected chi connectivity index (χ3v) is 5.71. The van der Waals surface area contributed by atoms with Crippen LogP contribution in [0.25, 0.3) is 0 Å². The number of carbonyl (C=O) groups excluding carboxylic acids is 2. The molecule has 1 aliphatic carbocycles. The first kappa shape index (κ1) is 16.2. The standard InChI is InChI=1S/C15H18BrN3O4/c1-8(20)3-11(21)13-12(16)9(2)19(17-13)10-4-15(5-10)6-18(7-15)14(22)23/h10H,3-7H2,1-2H3,(H,22,23). The van der Waals surface area contributed by atoms with E-state index in [0.29, 0.717) is 23.3 Å². The van der Waals surface area contributed by atoms with Crippen molar-refractivity contribution < 1.29 is 19.5 Å². The first-order chi connectivity index (χ1) is 10.7. The van der Waals surface area contributed by atoms with E-state index in [0.717, 1.165) is 18.5 Å².